The number of hydrogen-bond donors (Lipinski definition) is 0. The maximum atomic E-state index is 10.3. The highest BCUT2D eigenvalue weighted by molar-refractivity contribution is 6.44. The van der Waals surface area contributed by atoms with Crippen molar-refractivity contribution in [1.82, 2.24) is 9.30 Å². The lowest BCUT2D eigenvalue weighted by Crippen LogP contribution is -1.88. The summed E-state index contributed by atoms with van der Waals surface area (Å²) in [6.07, 6.45) is 1.93. The minimum absolute atomic E-state index is 0.276. The van der Waals surface area contributed by atoms with E-state index in [1.807, 2.05) is 0 Å². The van der Waals surface area contributed by atoms with E-state index in [1.165, 1.54) is 6.20 Å². The average Bonchev–Trinajstić information content (AvgIpc) is 2.30. The van der Waals surface area contributed by atoms with E-state index in [-0.39, 0.29) is 5.69 Å². The third-order valence-corrected chi connectivity index (χ3v) is 1.66. The van der Waals surface area contributed by atoms with Crippen LogP contribution in [0.25, 0.3) is 0 Å². The molecule has 0 aliphatic carbocycles. The van der Waals surface area contributed by atoms with Crippen molar-refractivity contribution in [2.24, 2.45) is 0 Å². The Labute approximate surface area is 78.0 Å². The van der Waals surface area contributed by atoms with Gasteiger partial charge in [0.25, 0.3) is 0 Å². The van der Waals surface area contributed by atoms with Crippen LogP contribution in [0.1, 0.15) is 20.9 Å². The van der Waals surface area contributed by atoms with Crippen molar-refractivity contribution < 1.29 is 4.79 Å². The Bertz CT molecular complexity index is 271. The molecule has 60 valence electrons. The number of nitrogens with zero attached hydrogens (tertiary/aromatic N) is 2. The van der Waals surface area contributed by atoms with Gasteiger partial charge in [-0.3, -0.25) is 4.79 Å². The Morgan fingerprint density at radius 2 is 2.27 bits per heavy atom. The molecular formula is C5H3Cl3N2O. The van der Waals surface area contributed by atoms with Gasteiger partial charge in [-0.25, -0.2) is 0 Å². The Morgan fingerprint density at radius 1 is 1.64 bits per heavy atom. The first-order valence-corrected chi connectivity index (χ1v) is 3.85. The SMILES string of the molecule is O=Cc1cn(Cl)nc1C(Cl)Cl. The van der Waals surface area contributed by atoms with Crippen LogP contribution in [0, 0.1) is 0 Å². The number of carbonyl (C=O) groups excluding carboxylic acids is 1. The van der Waals surface area contributed by atoms with E-state index in [2.05, 4.69) is 5.10 Å². The highest BCUT2D eigenvalue weighted by Gasteiger charge is 2.13. The van der Waals surface area contributed by atoms with Gasteiger partial charge in [0.2, 0.25) is 0 Å². The fourth-order valence-corrected chi connectivity index (χ4v) is 1.16. The zero-order valence-electron chi connectivity index (χ0n) is 5.17. The monoisotopic (exact) mass is 212 g/mol. The Hall–Kier alpha value is -0.250. The van der Waals surface area contributed by atoms with Crippen LogP contribution in [0.5, 0.6) is 0 Å². The van der Waals surface area contributed by atoms with Gasteiger partial charge in [0.1, 0.15) is 5.69 Å². The molecule has 0 N–H and O–H groups in total. The molecule has 11 heavy (non-hydrogen) atoms. The summed E-state index contributed by atoms with van der Waals surface area (Å²) in [6.45, 7) is 0. The standard InChI is InChI=1S/C5H3Cl3N2O/c6-5(7)4-3(2-11)1-10(8)9-4/h1-2,5H. The second-order valence-electron chi connectivity index (χ2n) is 1.78. The predicted molar refractivity (Wildman–Crippen MR) is 43.3 cm³/mol. The lowest BCUT2D eigenvalue weighted by Gasteiger charge is -1.93. The van der Waals surface area contributed by atoms with Crippen LogP contribution in [-0.4, -0.2) is 15.6 Å². The first-order valence-electron chi connectivity index (χ1n) is 2.64. The molecule has 0 spiro atoms. The zero-order valence-corrected chi connectivity index (χ0v) is 7.44. The number of rotatable bonds is 2. The molecule has 0 saturated carbocycles. The molecule has 0 aliphatic heterocycles. The summed E-state index contributed by atoms with van der Waals surface area (Å²) in [5.41, 5.74) is 0.577. The Balaban J connectivity index is 3.11. The van der Waals surface area contributed by atoms with Gasteiger partial charge in [-0.15, -0.1) is 0 Å². The summed E-state index contributed by atoms with van der Waals surface area (Å²) >= 11 is 16.4. The number of alkyl halides is 2. The van der Waals surface area contributed by atoms with Gasteiger partial charge in [0.05, 0.1) is 11.8 Å². The summed E-state index contributed by atoms with van der Waals surface area (Å²) in [6, 6.07) is 0. The molecule has 0 bridgehead atoms. The lowest BCUT2D eigenvalue weighted by molar-refractivity contribution is 0.112. The predicted octanol–water partition coefficient (Wildman–Crippen LogP) is 2.17. The molecule has 0 fully saturated rings. The largest absolute Gasteiger partial charge is 0.298 e. The smallest absolute Gasteiger partial charge is 0.153 e. The van der Waals surface area contributed by atoms with Crippen LogP contribution in [0.15, 0.2) is 6.20 Å². The number of halogens is 3. The van der Waals surface area contributed by atoms with E-state index in [0.29, 0.717) is 11.8 Å². The highest BCUT2D eigenvalue weighted by atomic mass is 35.5. The van der Waals surface area contributed by atoms with Gasteiger partial charge in [0, 0.05) is 11.8 Å². The van der Waals surface area contributed by atoms with Crippen molar-refractivity contribution in [3.8, 4) is 0 Å². The molecule has 0 amide bonds. The first kappa shape index (κ1) is 8.84. The van der Waals surface area contributed by atoms with Crippen LogP contribution in [-0.2, 0) is 0 Å². The van der Waals surface area contributed by atoms with Crippen LogP contribution in [0.2, 0.25) is 0 Å². The topological polar surface area (TPSA) is 34.9 Å². The molecule has 0 unspecified atom stereocenters. The Kier molecular flexibility index (Phi) is 2.76. The van der Waals surface area contributed by atoms with Crippen molar-refractivity contribution in [3.05, 3.63) is 17.5 Å². The van der Waals surface area contributed by atoms with E-state index in [9.17, 15) is 4.79 Å². The normalized spacial score (nSPS) is 10.5. The van der Waals surface area contributed by atoms with E-state index in [4.69, 9.17) is 35.0 Å². The van der Waals surface area contributed by atoms with Crippen molar-refractivity contribution >= 4 is 41.3 Å². The van der Waals surface area contributed by atoms with E-state index >= 15 is 0 Å². The molecule has 0 atom stereocenters. The molecule has 1 aromatic rings. The summed E-state index contributed by atoms with van der Waals surface area (Å²) < 4.78 is 0.969. The van der Waals surface area contributed by atoms with Gasteiger partial charge >= 0.3 is 0 Å². The van der Waals surface area contributed by atoms with Crippen molar-refractivity contribution in [2.75, 3.05) is 0 Å². The molecule has 6 heteroatoms. The summed E-state index contributed by atoms with van der Waals surface area (Å²) in [5.74, 6) is 0. The Morgan fingerprint density at radius 3 is 2.64 bits per heavy atom. The van der Waals surface area contributed by atoms with Gasteiger partial charge < -0.3 is 0 Å². The average molecular weight is 213 g/mol. The second kappa shape index (κ2) is 3.43. The third-order valence-electron chi connectivity index (χ3n) is 1.08. The van der Waals surface area contributed by atoms with Gasteiger partial charge in [-0.05, 0) is 0 Å². The number of hydrogen-bond acceptors (Lipinski definition) is 2. The molecule has 3 nitrogen and oxygen atoms in total. The third kappa shape index (κ3) is 1.86. The first-order chi connectivity index (χ1) is 5.15. The van der Waals surface area contributed by atoms with Crippen LogP contribution >= 0.6 is 35.0 Å². The fourth-order valence-electron chi connectivity index (χ4n) is 0.631. The van der Waals surface area contributed by atoms with Gasteiger partial charge in [-0.2, -0.15) is 9.30 Å². The van der Waals surface area contributed by atoms with Crippen LogP contribution < -0.4 is 0 Å². The second-order valence-corrected chi connectivity index (χ2v) is 3.22. The lowest BCUT2D eigenvalue weighted by atomic mass is 10.3. The van der Waals surface area contributed by atoms with Gasteiger partial charge in [0.15, 0.2) is 11.1 Å². The molecule has 0 radical (unpaired) electrons. The van der Waals surface area contributed by atoms with Crippen molar-refractivity contribution in [3.63, 3.8) is 0 Å². The molecule has 1 aromatic heterocycles. The molecular weight excluding hydrogens is 210 g/mol. The quantitative estimate of drug-likeness (QED) is 0.557. The van der Waals surface area contributed by atoms with E-state index in [0.717, 1.165) is 4.20 Å². The molecule has 0 aromatic carbocycles. The molecule has 1 rings (SSSR count). The zero-order chi connectivity index (χ0) is 8.43. The number of aromatic nitrogens is 2. The van der Waals surface area contributed by atoms with Gasteiger partial charge in [-0.1, -0.05) is 23.2 Å². The van der Waals surface area contributed by atoms with E-state index < -0.39 is 4.84 Å². The number of carbonyl (C=O) groups is 1. The minimum atomic E-state index is -0.824. The fraction of sp³-hybridized carbons (Fsp3) is 0.200. The summed E-state index contributed by atoms with van der Waals surface area (Å²) in [4.78, 5) is 9.49. The maximum Gasteiger partial charge on any atom is 0.153 e. The van der Waals surface area contributed by atoms with E-state index in [1.54, 1.807) is 0 Å². The molecule has 0 saturated heterocycles. The van der Waals surface area contributed by atoms with Crippen LogP contribution in [0.3, 0.4) is 0 Å². The number of aldehydes is 1. The summed E-state index contributed by atoms with van der Waals surface area (Å²) in [5, 5.41) is 3.67. The molecule has 0 aliphatic rings. The molecule has 1 heterocycles. The minimum Gasteiger partial charge on any atom is -0.298 e. The highest BCUT2D eigenvalue weighted by Crippen LogP contribution is 2.25. The van der Waals surface area contributed by atoms with Crippen molar-refractivity contribution in [2.45, 2.75) is 4.84 Å². The van der Waals surface area contributed by atoms with Crippen molar-refractivity contribution in [1.29, 1.82) is 0 Å². The maximum absolute atomic E-state index is 10.3. The summed E-state index contributed by atoms with van der Waals surface area (Å²) in [7, 11) is 0. The van der Waals surface area contributed by atoms with Crippen LogP contribution in [0.4, 0.5) is 0 Å².